The zero-order valence-electron chi connectivity index (χ0n) is 19.5. The molecular weight excluding hydrogens is 489 g/mol. The van der Waals surface area contributed by atoms with Crippen LogP contribution in [0, 0.1) is 0 Å². The van der Waals surface area contributed by atoms with Crippen molar-refractivity contribution in [2.45, 2.75) is 117 Å². The van der Waals surface area contributed by atoms with Crippen LogP contribution >= 0.6 is 35.8 Å². The molecule has 0 saturated heterocycles. The molecule has 31 heavy (non-hydrogen) atoms. The van der Waals surface area contributed by atoms with E-state index in [-0.39, 0.29) is 4.32 Å². The first kappa shape index (κ1) is 31.8. The number of hydroxylamine groups is 2. The maximum absolute atomic E-state index is 12.5. The van der Waals surface area contributed by atoms with Crippen LogP contribution in [0.2, 0.25) is 0 Å². The molecule has 0 spiro atoms. The molecule has 0 aromatic carbocycles. The van der Waals surface area contributed by atoms with E-state index in [1.54, 1.807) is 0 Å². The summed E-state index contributed by atoms with van der Waals surface area (Å²) in [6.07, 6.45) is 19.5. The summed E-state index contributed by atoms with van der Waals surface area (Å²) in [4.78, 5) is 5.39. The van der Waals surface area contributed by atoms with Crippen LogP contribution in [-0.2, 0) is 28.1 Å². The molecule has 0 aliphatic heterocycles. The van der Waals surface area contributed by atoms with Gasteiger partial charge < -0.3 is 0 Å². The Morgan fingerprint density at radius 1 is 0.871 bits per heavy atom. The standard InChI is InChI=1S/C21H44N2O3S5/c1-3-5-7-9-11-13-15-17-19-22-26-23(21(27)28)30-31(24,29)25-20-18-16-14-12-10-8-6-4-2/h22H,3-20H2,1-2H3,(H,27,28). The number of nitrogens with zero attached hydrogens (tertiary/aromatic N) is 1. The Bertz CT molecular complexity index is 521. The molecule has 0 saturated carbocycles. The summed E-state index contributed by atoms with van der Waals surface area (Å²) in [6.45, 7) is 5.52. The number of thiocarbonyl (C=S) groups is 1. The first-order valence-electron chi connectivity index (χ1n) is 11.9. The third-order valence-corrected chi connectivity index (χ3v) is 8.53. The Balaban J connectivity index is 3.84. The van der Waals surface area contributed by atoms with Crippen molar-refractivity contribution in [2.75, 3.05) is 13.2 Å². The maximum Gasteiger partial charge on any atom is 0.220 e. The molecule has 186 valence electrons. The summed E-state index contributed by atoms with van der Waals surface area (Å²) < 4.78 is 19.2. The summed E-state index contributed by atoms with van der Waals surface area (Å²) in [5, 5.41) is 0. The molecule has 0 aromatic rings. The van der Waals surface area contributed by atoms with Gasteiger partial charge in [-0.05, 0) is 25.1 Å². The van der Waals surface area contributed by atoms with E-state index in [4.69, 9.17) is 32.5 Å². The van der Waals surface area contributed by atoms with Gasteiger partial charge in [0, 0.05) is 17.7 Å². The highest BCUT2D eigenvalue weighted by molar-refractivity contribution is 8.83. The predicted octanol–water partition coefficient (Wildman–Crippen LogP) is 7.46. The van der Waals surface area contributed by atoms with Gasteiger partial charge in [-0.3, -0.25) is 4.18 Å². The van der Waals surface area contributed by atoms with Gasteiger partial charge in [0.25, 0.3) is 0 Å². The molecule has 0 aromatic heterocycles. The number of rotatable bonds is 23. The largest absolute Gasteiger partial charge is 0.281 e. The quantitative estimate of drug-likeness (QED) is 0.0351. The van der Waals surface area contributed by atoms with Gasteiger partial charge in [-0.1, -0.05) is 104 Å². The third-order valence-electron chi connectivity index (χ3n) is 4.82. The molecule has 0 aliphatic carbocycles. The van der Waals surface area contributed by atoms with Gasteiger partial charge in [0.15, 0.2) is 4.32 Å². The Kier molecular flexibility index (Phi) is 23.2. The van der Waals surface area contributed by atoms with E-state index in [9.17, 15) is 4.21 Å². The van der Waals surface area contributed by atoms with Gasteiger partial charge in [0.05, 0.1) is 6.61 Å². The summed E-state index contributed by atoms with van der Waals surface area (Å²) in [5.41, 5.74) is 2.85. The number of nitrogens with one attached hydrogen (secondary N) is 1. The topological polar surface area (TPSA) is 50.8 Å². The van der Waals surface area contributed by atoms with Crippen LogP contribution in [-0.4, -0.2) is 26.1 Å². The van der Waals surface area contributed by atoms with Crippen molar-refractivity contribution >= 4 is 59.1 Å². The monoisotopic (exact) mass is 532 g/mol. The lowest BCUT2D eigenvalue weighted by Crippen LogP contribution is -2.30. The molecule has 0 rings (SSSR count). The van der Waals surface area contributed by atoms with Gasteiger partial charge in [-0.15, -0.1) is 17.1 Å². The molecule has 1 N–H and O–H groups in total. The zero-order valence-corrected chi connectivity index (χ0v) is 23.6. The van der Waals surface area contributed by atoms with Crippen LogP contribution in [0.5, 0.6) is 0 Å². The van der Waals surface area contributed by atoms with E-state index in [0.717, 1.165) is 41.1 Å². The van der Waals surface area contributed by atoms with E-state index >= 15 is 0 Å². The van der Waals surface area contributed by atoms with E-state index in [1.165, 1.54) is 77.0 Å². The number of hydrogen-bond donors (Lipinski definition) is 2. The molecule has 1 unspecified atom stereocenters. The van der Waals surface area contributed by atoms with Crippen LogP contribution in [0.4, 0.5) is 0 Å². The highest BCUT2D eigenvalue weighted by atomic mass is 33.4. The number of thiol groups is 1. The minimum absolute atomic E-state index is 0.140. The van der Waals surface area contributed by atoms with E-state index < -0.39 is 7.80 Å². The van der Waals surface area contributed by atoms with Crippen molar-refractivity contribution in [3.05, 3.63) is 0 Å². The van der Waals surface area contributed by atoms with Crippen molar-refractivity contribution < 1.29 is 13.3 Å². The Morgan fingerprint density at radius 2 is 1.32 bits per heavy atom. The van der Waals surface area contributed by atoms with Gasteiger partial charge in [0.1, 0.15) is 11.0 Å². The average Bonchev–Trinajstić information content (AvgIpc) is 2.72. The average molecular weight is 533 g/mol. The number of hydrogen-bond acceptors (Lipinski definition) is 7. The normalized spacial score (nSPS) is 13.3. The first-order chi connectivity index (χ1) is 14.9. The molecule has 1 atom stereocenters. The minimum Gasteiger partial charge on any atom is -0.281 e. The van der Waals surface area contributed by atoms with Crippen molar-refractivity contribution in [3.63, 3.8) is 0 Å². The second kappa shape index (κ2) is 22.6. The van der Waals surface area contributed by atoms with Gasteiger partial charge in [-0.25, -0.2) is 4.21 Å². The smallest absolute Gasteiger partial charge is 0.220 e. The zero-order chi connectivity index (χ0) is 23.2. The minimum atomic E-state index is -3.02. The van der Waals surface area contributed by atoms with Gasteiger partial charge in [0.2, 0.25) is 7.80 Å². The van der Waals surface area contributed by atoms with E-state index in [0.29, 0.717) is 13.2 Å². The van der Waals surface area contributed by atoms with Crippen LogP contribution in [0.15, 0.2) is 0 Å². The van der Waals surface area contributed by atoms with Crippen molar-refractivity contribution in [3.8, 4) is 0 Å². The highest BCUT2D eigenvalue weighted by Gasteiger charge is 2.18. The molecule has 0 bridgehead atoms. The van der Waals surface area contributed by atoms with Crippen molar-refractivity contribution in [1.29, 1.82) is 0 Å². The third kappa shape index (κ3) is 22.4. The Labute approximate surface area is 211 Å². The summed E-state index contributed by atoms with van der Waals surface area (Å²) in [5.74, 6) is 0. The fourth-order valence-electron chi connectivity index (χ4n) is 3.02. The van der Waals surface area contributed by atoms with E-state index in [1.807, 2.05) is 0 Å². The van der Waals surface area contributed by atoms with E-state index in [2.05, 4.69) is 32.0 Å². The first-order valence-corrected chi connectivity index (χ1v) is 16.5. The molecule has 0 aliphatic rings. The predicted molar refractivity (Wildman–Crippen MR) is 147 cm³/mol. The fraction of sp³-hybridized carbons (Fsp3) is 0.952. The molecule has 0 radical (unpaired) electrons. The number of unbranched alkanes of at least 4 members (excludes halogenated alkanes) is 14. The van der Waals surface area contributed by atoms with Crippen molar-refractivity contribution in [1.82, 2.24) is 9.95 Å². The molecule has 5 nitrogen and oxygen atoms in total. The lowest BCUT2D eigenvalue weighted by Gasteiger charge is -2.20. The molecular formula is C21H44N2O3S5. The summed E-state index contributed by atoms with van der Waals surface area (Å²) >= 11 is 14.3. The summed E-state index contributed by atoms with van der Waals surface area (Å²) in [6, 6.07) is 0. The molecule has 0 heterocycles. The van der Waals surface area contributed by atoms with Crippen LogP contribution in [0.25, 0.3) is 0 Å². The second-order valence-corrected chi connectivity index (χ2v) is 14.1. The molecule has 0 amide bonds. The lowest BCUT2D eigenvalue weighted by atomic mass is 10.1. The lowest BCUT2D eigenvalue weighted by molar-refractivity contribution is -0.0873. The Morgan fingerprint density at radius 3 is 1.81 bits per heavy atom. The summed E-state index contributed by atoms with van der Waals surface area (Å²) in [7, 11) is -2.26. The van der Waals surface area contributed by atoms with Crippen LogP contribution in [0.3, 0.4) is 0 Å². The van der Waals surface area contributed by atoms with Crippen molar-refractivity contribution in [2.24, 2.45) is 0 Å². The fourth-order valence-corrected chi connectivity index (χ4v) is 6.17. The SMILES string of the molecule is CCCCCCCCCCNON(SS(=O)(=S)OCCCCCCCCCC)C(=S)S. The van der Waals surface area contributed by atoms with Crippen LogP contribution < -0.4 is 5.48 Å². The molecule has 0 fully saturated rings. The van der Waals surface area contributed by atoms with Gasteiger partial charge in [-0.2, -0.15) is 10.4 Å². The van der Waals surface area contributed by atoms with Gasteiger partial charge >= 0.3 is 0 Å². The maximum atomic E-state index is 12.5. The van der Waals surface area contributed by atoms with Crippen LogP contribution in [0.1, 0.15) is 117 Å². The highest BCUT2D eigenvalue weighted by Crippen LogP contribution is 2.23. The second-order valence-electron chi connectivity index (χ2n) is 7.78. The molecule has 10 heteroatoms. The Hall–Kier alpha value is 0.840.